The molecule has 0 radical (unpaired) electrons. The Balaban J connectivity index is 1.60. The van der Waals surface area contributed by atoms with Crippen LogP contribution in [0.15, 0.2) is 30.3 Å². The summed E-state index contributed by atoms with van der Waals surface area (Å²) in [4.78, 5) is 40.8. The average molecular weight is 543 g/mol. The first-order valence-electron chi connectivity index (χ1n) is 14.9. The molecule has 2 amide bonds. The minimum Gasteiger partial charge on any atom is -0.443 e. The second-order valence-corrected chi connectivity index (χ2v) is 13.5. The number of ether oxygens (including phenoxy) is 1. The van der Waals surface area contributed by atoms with E-state index in [0.29, 0.717) is 25.0 Å². The van der Waals surface area contributed by atoms with E-state index in [4.69, 9.17) is 9.57 Å². The number of piperazine rings is 1. The molecule has 0 aliphatic carbocycles. The first-order valence-corrected chi connectivity index (χ1v) is 14.9. The Hall–Kier alpha value is -2.16. The molecule has 3 aliphatic heterocycles. The molecule has 3 saturated heterocycles. The Labute approximate surface area is 235 Å². The van der Waals surface area contributed by atoms with Crippen LogP contribution in [0.4, 0.5) is 4.79 Å². The number of hydroxylamine groups is 2. The number of piperidine rings is 1. The van der Waals surface area contributed by atoms with Crippen molar-refractivity contribution in [2.24, 2.45) is 11.3 Å². The van der Waals surface area contributed by atoms with Crippen LogP contribution in [0.2, 0.25) is 0 Å². The smallest absolute Gasteiger partial charge is 0.436 e. The Morgan fingerprint density at radius 1 is 1.05 bits per heavy atom. The molecule has 8 nitrogen and oxygen atoms in total. The van der Waals surface area contributed by atoms with Gasteiger partial charge in [-0.1, -0.05) is 65.0 Å². The number of carbonyl (C=O) groups excluding carboxylic acids is 2. The summed E-state index contributed by atoms with van der Waals surface area (Å²) in [5, 5.41) is 1.39. The highest BCUT2D eigenvalue weighted by molar-refractivity contribution is 5.83. The molecule has 0 bridgehead atoms. The van der Waals surface area contributed by atoms with Gasteiger partial charge >= 0.3 is 6.09 Å². The maximum absolute atomic E-state index is 13.9. The lowest BCUT2D eigenvalue weighted by Gasteiger charge is -2.56. The summed E-state index contributed by atoms with van der Waals surface area (Å²) in [5.41, 5.74) is 0.951. The Morgan fingerprint density at radius 3 is 2.31 bits per heavy atom. The van der Waals surface area contributed by atoms with Crippen LogP contribution in [0, 0.1) is 11.3 Å². The molecule has 8 heteroatoms. The van der Waals surface area contributed by atoms with Crippen molar-refractivity contribution >= 4 is 12.0 Å². The van der Waals surface area contributed by atoms with E-state index < -0.39 is 18.4 Å². The maximum atomic E-state index is 13.9. The van der Waals surface area contributed by atoms with Crippen molar-refractivity contribution in [1.82, 2.24) is 19.8 Å². The number of benzene rings is 1. The van der Waals surface area contributed by atoms with Crippen molar-refractivity contribution in [1.29, 1.82) is 0 Å². The van der Waals surface area contributed by atoms with Crippen molar-refractivity contribution in [2.75, 3.05) is 26.2 Å². The first-order chi connectivity index (χ1) is 18.4. The average Bonchev–Trinajstić information content (AvgIpc) is 2.88. The van der Waals surface area contributed by atoms with Gasteiger partial charge in [0.2, 0.25) is 0 Å². The predicted octanol–water partition coefficient (Wildman–Crippen LogP) is 5.13. The SMILES string of the molecule is CC(C)C[C@H]1ON(C(=O)OCc2ccccc2)C2CN(C3CCN(C(C)C)CC3)C[C@H](CC(C)(C)C)N2C1=O. The highest BCUT2D eigenvalue weighted by Crippen LogP contribution is 2.36. The van der Waals surface area contributed by atoms with Gasteiger partial charge in [-0.15, -0.1) is 0 Å². The summed E-state index contributed by atoms with van der Waals surface area (Å²) in [6.45, 7) is 19.1. The zero-order valence-electron chi connectivity index (χ0n) is 25.1. The predicted molar refractivity (Wildman–Crippen MR) is 153 cm³/mol. The third kappa shape index (κ3) is 7.53. The quantitative estimate of drug-likeness (QED) is 0.476. The molecule has 3 atom stereocenters. The maximum Gasteiger partial charge on any atom is 0.436 e. The van der Waals surface area contributed by atoms with Crippen LogP contribution in [0.1, 0.15) is 79.7 Å². The zero-order chi connectivity index (χ0) is 28.3. The van der Waals surface area contributed by atoms with E-state index in [1.165, 1.54) is 5.06 Å². The Morgan fingerprint density at radius 2 is 1.72 bits per heavy atom. The van der Waals surface area contributed by atoms with Crippen LogP contribution >= 0.6 is 0 Å². The van der Waals surface area contributed by atoms with Gasteiger partial charge in [-0.3, -0.25) is 14.5 Å². The molecule has 0 aromatic heterocycles. The molecule has 0 spiro atoms. The van der Waals surface area contributed by atoms with Crippen LogP contribution in [-0.2, 0) is 21.0 Å². The molecule has 1 aromatic carbocycles. The molecular weight excluding hydrogens is 492 g/mol. The molecule has 39 heavy (non-hydrogen) atoms. The molecule has 3 aliphatic rings. The highest BCUT2D eigenvalue weighted by Gasteiger charge is 2.52. The number of likely N-dealkylation sites (tertiary alicyclic amines) is 1. The highest BCUT2D eigenvalue weighted by atomic mass is 16.7. The second-order valence-electron chi connectivity index (χ2n) is 13.5. The standard InChI is InChI=1S/C31H50N4O4/c1-22(2)17-27-29(36)34-26(18-31(5,6)7)19-33(25-13-15-32(16-14-25)23(3)4)20-28(34)35(39-27)30(37)38-21-24-11-9-8-10-12-24/h8-12,22-23,25-28H,13-21H2,1-7H3/t26-,27+,28?/m0/s1. The molecule has 0 N–H and O–H groups in total. The van der Waals surface area contributed by atoms with E-state index in [9.17, 15) is 9.59 Å². The van der Waals surface area contributed by atoms with Gasteiger partial charge in [0.15, 0.2) is 6.10 Å². The number of rotatable bonds is 7. The molecule has 1 aromatic rings. The van der Waals surface area contributed by atoms with Crippen molar-refractivity contribution in [3.63, 3.8) is 0 Å². The van der Waals surface area contributed by atoms with E-state index in [2.05, 4.69) is 58.3 Å². The topological polar surface area (TPSA) is 65.6 Å². The summed E-state index contributed by atoms with van der Waals surface area (Å²) in [6.07, 6.45) is 1.89. The van der Waals surface area contributed by atoms with Crippen molar-refractivity contribution < 1.29 is 19.2 Å². The molecule has 3 heterocycles. The third-order valence-electron chi connectivity index (χ3n) is 8.26. The Kier molecular flexibility index (Phi) is 9.61. The number of fused-ring (bicyclic) bond motifs is 1. The van der Waals surface area contributed by atoms with E-state index in [-0.39, 0.29) is 29.9 Å². The van der Waals surface area contributed by atoms with Crippen LogP contribution in [0.5, 0.6) is 0 Å². The van der Waals surface area contributed by atoms with E-state index >= 15 is 0 Å². The van der Waals surface area contributed by atoms with Gasteiger partial charge in [0.05, 0.1) is 0 Å². The van der Waals surface area contributed by atoms with Crippen molar-refractivity contribution in [3.05, 3.63) is 35.9 Å². The van der Waals surface area contributed by atoms with Crippen LogP contribution in [0.25, 0.3) is 0 Å². The fourth-order valence-corrected chi connectivity index (χ4v) is 6.36. The zero-order valence-corrected chi connectivity index (χ0v) is 25.1. The number of hydrogen-bond donors (Lipinski definition) is 0. The third-order valence-corrected chi connectivity index (χ3v) is 8.26. The van der Waals surface area contributed by atoms with Crippen LogP contribution in [0.3, 0.4) is 0 Å². The molecule has 3 fully saturated rings. The van der Waals surface area contributed by atoms with Crippen LogP contribution < -0.4 is 0 Å². The van der Waals surface area contributed by atoms with E-state index in [1.54, 1.807) is 0 Å². The van der Waals surface area contributed by atoms with E-state index in [1.807, 2.05) is 35.2 Å². The minimum atomic E-state index is -0.686. The lowest BCUT2D eigenvalue weighted by Crippen LogP contribution is -2.73. The monoisotopic (exact) mass is 542 g/mol. The first kappa shape index (κ1) is 29.8. The normalized spacial score (nSPS) is 25.9. The van der Waals surface area contributed by atoms with Crippen LogP contribution in [-0.4, -0.2) is 88.3 Å². The summed E-state index contributed by atoms with van der Waals surface area (Å²) in [6, 6.07) is 10.7. The van der Waals surface area contributed by atoms with Gasteiger partial charge < -0.3 is 14.5 Å². The van der Waals surface area contributed by atoms with Crippen molar-refractivity contribution in [2.45, 2.75) is 111 Å². The summed E-state index contributed by atoms with van der Waals surface area (Å²) in [7, 11) is 0. The molecule has 0 saturated carbocycles. The number of hydrogen-bond acceptors (Lipinski definition) is 6. The van der Waals surface area contributed by atoms with Gasteiger partial charge in [-0.2, -0.15) is 5.06 Å². The second kappa shape index (κ2) is 12.6. The van der Waals surface area contributed by atoms with Gasteiger partial charge in [0, 0.05) is 31.2 Å². The summed E-state index contributed by atoms with van der Waals surface area (Å²) >= 11 is 0. The number of carbonyl (C=O) groups is 2. The largest absolute Gasteiger partial charge is 0.443 e. The fourth-order valence-electron chi connectivity index (χ4n) is 6.36. The fraction of sp³-hybridized carbons (Fsp3) is 0.742. The number of amides is 2. The van der Waals surface area contributed by atoms with Gasteiger partial charge in [0.1, 0.15) is 12.8 Å². The van der Waals surface area contributed by atoms with Crippen molar-refractivity contribution in [3.8, 4) is 0 Å². The minimum absolute atomic E-state index is 0.00219. The lowest BCUT2D eigenvalue weighted by molar-refractivity contribution is -0.274. The van der Waals surface area contributed by atoms with Gasteiger partial charge in [-0.25, -0.2) is 4.79 Å². The molecular formula is C31H50N4O4. The molecule has 4 rings (SSSR count). The van der Waals surface area contributed by atoms with Gasteiger partial charge in [-0.05, 0) is 69.5 Å². The van der Waals surface area contributed by atoms with Gasteiger partial charge in [0.25, 0.3) is 5.91 Å². The summed E-state index contributed by atoms with van der Waals surface area (Å²) in [5.74, 6) is 0.260. The molecule has 1 unspecified atom stereocenters. The molecule has 218 valence electrons. The number of nitrogens with zero attached hydrogens (tertiary/aromatic N) is 4. The summed E-state index contributed by atoms with van der Waals surface area (Å²) < 4.78 is 5.76. The lowest BCUT2D eigenvalue weighted by atomic mass is 9.85. The Bertz CT molecular complexity index is 955. The van der Waals surface area contributed by atoms with E-state index in [0.717, 1.165) is 44.5 Å².